The van der Waals surface area contributed by atoms with Crippen LogP contribution in [-0.4, -0.2) is 60.9 Å². The third-order valence-electron chi connectivity index (χ3n) is 8.61. The fraction of sp³-hybridized carbons (Fsp3) is 0.591. The summed E-state index contributed by atoms with van der Waals surface area (Å²) in [5.41, 5.74) is 3.51. The molecule has 1 N–H and O–H groups in total. The van der Waals surface area contributed by atoms with Crippen LogP contribution in [0.25, 0.3) is 0 Å². The number of piperidine rings is 2. The molecule has 4 fully saturated rings. The third kappa shape index (κ3) is 1.56. The molecule has 1 aromatic carbocycles. The molecule has 6 heteroatoms. The van der Waals surface area contributed by atoms with Gasteiger partial charge in [-0.05, 0) is 36.9 Å². The Bertz CT molecular complexity index is 958. The lowest BCUT2D eigenvalue weighted by atomic mass is 9.53. The van der Waals surface area contributed by atoms with Gasteiger partial charge in [-0.3, -0.25) is 9.69 Å². The number of phenols is 1. The Hall–Kier alpha value is -2.05. The van der Waals surface area contributed by atoms with E-state index in [2.05, 4.69) is 15.9 Å². The number of amides is 1. The minimum absolute atomic E-state index is 0.00211. The fourth-order valence-corrected chi connectivity index (χ4v) is 7.72. The zero-order valence-electron chi connectivity index (χ0n) is 15.9. The van der Waals surface area contributed by atoms with Crippen LogP contribution in [0.3, 0.4) is 0 Å². The summed E-state index contributed by atoms with van der Waals surface area (Å²) in [5, 5.41) is 10.6. The number of ether oxygens (including phenoxy) is 2. The third-order valence-corrected chi connectivity index (χ3v) is 8.61. The van der Waals surface area contributed by atoms with Gasteiger partial charge >= 0.3 is 0 Å². The van der Waals surface area contributed by atoms with E-state index in [1.165, 1.54) is 5.57 Å². The van der Waals surface area contributed by atoms with Gasteiger partial charge in [0.05, 0.1) is 38.0 Å². The molecule has 146 valence electrons. The Labute approximate surface area is 163 Å². The van der Waals surface area contributed by atoms with Crippen LogP contribution < -0.4 is 9.64 Å². The first-order valence-corrected chi connectivity index (χ1v) is 10.4. The van der Waals surface area contributed by atoms with Crippen molar-refractivity contribution in [3.05, 3.63) is 29.3 Å². The van der Waals surface area contributed by atoms with Gasteiger partial charge in [-0.25, -0.2) is 0 Å². The molecule has 28 heavy (non-hydrogen) atoms. The highest BCUT2D eigenvalue weighted by Crippen LogP contribution is 2.66. The molecule has 5 heterocycles. The summed E-state index contributed by atoms with van der Waals surface area (Å²) in [5.74, 6) is 1.61. The molecular weight excluding hydrogens is 356 g/mol. The number of phenolic OH excluding ortho intramolecular Hbond substituents is 1. The van der Waals surface area contributed by atoms with Crippen LogP contribution in [-0.2, 0) is 14.9 Å². The summed E-state index contributed by atoms with van der Waals surface area (Å²) in [6.45, 7) is 2.71. The van der Waals surface area contributed by atoms with Crippen LogP contribution in [0.15, 0.2) is 23.8 Å². The van der Waals surface area contributed by atoms with Crippen LogP contribution in [0.4, 0.5) is 5.69 Å². The molecule has 6 aliphatic rings. The van der Waals surface area contributed by atoms with E-state index in [1.54, 1.807) is 7.11 Å². The first-order valence-electron chi connectivity index (χ1n) is 10.4. The lowest BCUT2D eigenvalue weighted by molar-refractivity contribution is -0.132. The Morgan fingerprint density at radius 3 is 3.11 bits per heavy atom. The summed E-state index contributed by atoms with van der Waals surface area (Å²) in [7, 11) is 1.57. The molecule has 0 aromatic heterocycles. The smallest absolute Gasteiger partial charge is 0.229 e. The topological polar surface area (TPSA) is 62.2 Å². The van der Waals surface area contributed by atoms with Crippen molar-refractivity contribution in [2.24, 2.45) is 11.8 Å². The monoisotopic (exact) mass is 380 g/mol. The van der Waals surface area contributed by atoms with Gasteiger partial charge in [0.15, 0.2) is 11.5 Å². The summed E-state index contributed by atoms with van der Waals surface area (Å²) in [6, 6.07) is 4.33. The number of hydrogen-bond acceptors (Lipinski definition) is 5. The van der Waals surface area contributed by atoms with E-state index >= 15 is 0 Å². The fourth-order valence-electron chi connectivity index (χ4n) is 7.72. The maximum absolute atomic E-state index is 13.4. The number of carbonyl (C=O) groups is 1. The summed E-state index contributed by atoms with van der Waals surface area (Å²) >= 11 is 0. The molecule has 0 unspecified atom stereocenters. The van der Waals surface area contributed by atoms with E-state index in [-0.39, 0.29) is 29.2 Å². The first-order chi connectivity index (χ1) is 13.6. The first kappa shape index (κ1) is 15.8. The van der Waals surface area contributed by atoms with Gasteiger partial charge in [0.25, 0.3) is 0 Å². The lowest BCUT2D eigenvalue weighted by Crippen LogP contribution is -2.69. The highest BCUT2D eigenvalue weighted by Gasteiger charge is 2.71. The highest BCUT2D eigenvalue weighted by atomic mass is 16.5. The Kier molecular flexibility index (Phi) is 2.78. The maximum Gasteiger partial charge on any atom is 0.229 e. The number of benzene rings is 1. The number of methoxy groups -OCH3 is 1. The van der Waals surface area contributed by atoms with Crippen molar-refractivity contribution >= 4 is 11.6 Å². The molecule has 1 amide bonds. The number of hydrogen-bond donors (Lipinski definition) is 1. The van der Waals surface area contributed by atoms with E-state index in [4.69, 9.17) is 9.47 Å². The molecule has 2 bridgehead atoms. The van der Waals surface area contributed by atoms with E-state index in [1.807, 2.05) is 12.1 Å². The minimum atomic E-state index is -0.103. The predicted octanol–water partition coefficient (Wildman–Crippen LogP) is 1.81. The number of rotatable bonds is 1. The average molecular weight is 380 g/mol. The van der Waals surface area contributed by atoms with Crippen molar-refractivity contribution in [3.63, 3.8) is 0 Å². The van der Waals surface area contributed by atoms with Gasteiger partial charge in [-0.15, -0.1) is 0 Å². The average Bonchev–Trinajstić information content (AvgIpc) is 3.14. The molecule has 7 rings (SSSR count). The second-order valence-corrected chi connectivity index (χ2v) is 9.30. The lowest BCUT2D eigenvalue weighted by Gasteiger charge is -2.58. The number of fused-ring (bicyclic) bond motifs is 2. The highest BCUT2D eigenvalue weighted by molar-refractivity contribution is 5.99. The van der Waals surface area contributed by atoms with Gasteiger partial charge in [-0.2, -0.15) is 0 Å². The molecule has 6 atom stereocenters. The summed E-state index contributed by atoms with van der Waals surface area (Å²) < 4.78 is 11.6. The zero-order valence-corrected chi connectivity index (χ0v) is 15.9. The molecular formula is C22H24N2O4. The van der Waals surface area contributed by atoms with Crippen molar-refractivity contribution in [1.29, 1.82) is 0 Å². The Balaban J connectivity index is 1.53. The van der Waals surface area contributed by atoms with Gasteiger partial charge < -0.3 is 19.5 Å². The molecule has 5 aliphatic heterocycles. The van der Waals surface area contributed by atoms with Crippen molar-refractivity contribution in [2.45, 2.75) is 42.9 Å². The van der Waals surface area contributed by atoms with Crippen molar-refractivity contribution in [2.75, 3.05) is 31.7 Å². The molecule has 1 aromatic rings. The molecule has 0 radical (unpaired) electrons. The summed E-state index contributed by atoms with van der Waals surface area (Å²) in [4.78, 5) is 18.0. The van der Waals surface area contributed by atoms with Gasteiger partial charge in [0, 0.05) is 30.0 Å². The van der Waals surface area contributed by atoms with Gasteiger partial charge in [-0.1, -0.05) is 11.6 Å². The van der Waals surface area contributed by atoms with Crippen molar-refractivity contribution in [1.82, 2.24) is 4.90 Å². The number of aromatic hydroxyl groups is 1. The van der Waals surface area contributed by atoms with Crippen molar-refractivity contribution in [3.8, 4) is 11.5 Å². The van der Waals surface area contributed by atoms with E-state index in [9.17, 15) is 9.90 Å². The van der Waals surface area contributed by atoms with Crippen LogP contribution in [0.2, 0.25) is 0 Å². The normalized spacial score (nSPS) is 42.2. The number of carbonyl (C=O) groups excluding carboxylic acids is 1. The standard InChI is InChI=1S/C22H24N2O4/c1-27-16-8-14-13(7-15(16)25)22-3-4-23-10-11-2-5-28-17-9-19(26)24(14)21(22)20(17)12(11)6-18(22)23/h2,7-8,12,17-18,20-21,25H,3-6,9-10H2,1H3/t12-,17-,18+,20+,21-,22+/m1/s1. The molecule has 1 saturated carbocycles. The predicted molar refractivity (Wildman–Crippen MR) is 102 cm³/mol. The van der Waals surface area contributed by atoms with E-state index in [0.29, 0.717) is 36.7 Å². The minimum Gasteiger partial charge on any atom is -0.504 e. The van der Waals surface area contributed by atoms with Crippen LogP contribution in [0.5, 0.6) is 11.5 Å². The van der Waals surface area contributed by atoms with Crippen LogP contribution in [0, 0.1) is 11.8 Å². The molecule has 1 aliphatic carbocycles. The van der Waals surface area contributed by atoms with Crippen LogP contribution in [0.1, 0.15) is 24.8 Å². The van der Waals surface area contributed by atoms with E-state index < -0.39 is 0 Å². The summed E-state index contributed by atoms with van der Waals surface area (Å²) in [6.07, 6.45) is 4.92. The van der Waals surface area contributed by atoms with Crippen LogP contribution >= 0.6 is 0 Å². The Morgan fingerprint density at radius 2 is 2.25 bits per heavy atom. The SMILES string of the molecule is COc1cc2c(cc1O)[C@]13CCN4CC5=CCO[C@@H]6CC(=O)N2[C@@H]1[C@H]6[C@@H]5C[C@H]43. The zero-order chi connectivity index (χ0) is 18.8. The van der Waals surface area contributed by atoms with Gasteiger partial charge in [0.2, 0.25) is 5.91 Å². The van der Waals surface area contributed by atoms with E-state index in [0.717, 1.165) is 37.2 Å². The van der Waals surface area contributed by atoms with Crippen molar-refractivity contribution < 1.29 is 19.4 Å². The largest absolute Gasteiger partial charge is 0.504 e. The second kappa shape index (κ2) is 4.92. The van der Waals surface area contributed by atoms with Gasteiger partial charge in [0.1, 0.15) is 0 Å². The number of nitrogens with zero attached hydrogens (tertiary/aromatic N) is 2. The Morgan fingerprint density at radius 1 is 1.36 bits per heavy atom. The second-order valence-electron chi connectivity index (χ2n) is 9.30. The molecule has 3 saturated heterocycles. The molecule has 1 spiro atoms. The number of anilines is 1. The molecule has 6 nitrogen and oxygen atoms in total. The quantitative estimate of drug-likeness (QED) is 0.753. The maximum atomic E-state index is 13.4.